The maximum Gasteiger partial charge on any atom is 0.119 e. The van der Waals surface area contributed by atoms with E-state index >= 15 is 0 Å². The summed E-state index contributed by atoms with van der Waals surface area (Å²) >= 11 is 0. The zero-order chi connectivity index (χ0) is 16.3. The Morgan fingerprint density at radius 2 is 1.48 bits per heavy atom. The highest BCUT2D eigenvalue weighted by molar-refractivity contribution is 5.27. The van der Waals surface area contributed by atoms with E-state index in [2.05, 4.69) is 68.4 Å². The lowest BCUT2D eigenvalue weighted by Crippen LogP contribution is -2.02. The average molecular weight is 310 g/mol. The van der Waals surface area contributed by atoms with Crippen molar-refractivity contribution in [3.63, 3.8) is 0 Å². The van der Waals surface area contributed by atoms with Gasteiger partial charge < -0.3 is 4.74 Å². The molecule has 2 aromatic carbocycles. The summed E-state index contributed by atoms with van der Waals surface area (Å²) in [6.45, 7) is 5.36. The summed E-state index contributed by atoms with van der Waals surface area (Å²) in [5.41, 5.74) is 2.84. The van der Waals surface area contributed by atoms with E-state index in [1.54, 1.807) is 0 Å². The number of unbranched alkanes of at least 4 members (excludes halogenated alkanes) is 1. The van der Waals surface area contributed by atoms with Crippen molar-refractivity contribution in [1.82, 2.24) is 0 Å². The third kappa shape index (κ3) is 6.48. The molecular weight excluding hydrogens is 280 g/mol. The van der Waals surface area contributed by atoms with Crippen LogP contribution in [0.15, 0.2) is 54.6 Å². The third-order valence-electron chi connectivity index (χ3n) is 4.57. The molecule has 2 rings (SSSR count). The number of hydrogen-bond donors (Lipinski definition) is 0. The summed E-state index contributed by atoms with van der Waals surface area (Å²) in [6.07, 6.45) is 7.12. The molecule has 0 saturated heterocycles. The minimum atomic E-state index is 0.804. The first kappa shape index (κ1) is 17.6. The molecule has 0 spiro atoms. The Kier molecular flexibility index (Phi) is 7.72. The molecule has 0 aliphatic heterocycles. The first-order chi connectivity index (χ1) is 11.3. The van der Waals surface area contributed by atoms with E-state index in [1.807, 2.05) is 0 Å². The Balaban J connectivity index is 1.66. The second-order valence-electron chi connectivity index (χ2n) is 6.32. The normalized spacial score (nSPS) is 10.9. The topological polar surface area (TPSA) is 9.23 Å². The average Bonchev–Trinajstić information content (AvgIpc) is 2.61. The number of ether oxygens (including phenoxy) is 1. The van der Waals surface area contributed by atoms with E-state index in [9.17, 15) is 0 Å². The molecule has 0 aliphatic carbocycles. The van der Waals surface area contributed by atoms with Gasteiger partial charge in [0.25, 0.3) is 0 Å². The standard InChI is InChI=1S/C22H30O/c1-3-19(4-2)18-21-13-15-22(16-14-21)23-17-9-8-12-20-10-6-5-7-11-20/h5-7,10-11,13-16,19H,3-4,8-9,12,17-18H2,1-2H3. The van der Waals surface area contributed by atoms with E-state index in [1.165, 1.54) is 36.8 Å². The number of aryl methyl sites for hydroxylation is 1. The molecule has 1 nitrogen and oxygen atoms in total. The van der Waals surface area contributed by atoms with E-state index < -0.39 is 0 Å². The van der Waals surface area contributed by atoms with Gasteiger partial charge in [-0.2, -0.15) is 0 Å². The summed E-state index contributed by atoms with van der Waals surface area (Å²) < 4.78 is 5.86. The van der Waals surface area contributed by atoms with Gasteiger partial charge in [0.15, 0.2) is 0 Å². The van der Waals surface area contributed by atoms with Gasteiger partial charge in [0, 0.05) is 0 Å². The van der Waals surface area contributed by atoms with Crippen molar-refractivity contribution < 1.29 is 4.74 Å². The van der Waals surface area contributed by atoms with E-state index in [-0.39, 0.29) is 0 Å². The Bertz CT molecular complexity index is 526. The highest BCUT2D eigenvalue weighted by Crippen LogP contribution is 2.18. The maximum atomic E-state index is 5.86. The highest BCUT2D eigenvalue weighted by atomic mass is 16.5. The predicted molar refractivity (Wildman–Crippen MR) is 99.1 cm³/mol. The highest BCUT2D eigenvalue weighted by Gasteiger charge is 2.05. The lowest BCUT2D eigenvalue weighted by atomic mass is 9.95. The second kappa shape index (κ2) is 10.1. The minimum Gasteiger partial charge on any atom is -0.494 e. The fourth-order valence-electron chi connectivity index (χ4n) is 2.90. The van der Waals surface area contributed by atoms with E-state index in [0.717, 1.165) is 31.1 Å². The van der Waals surface area contributed by atoms with Gasteiger partial charge in [-0.3, -0.25) is 0 Å². The molecule has 0 unspecified atom stereocenters. The Labute approximate surface area is 141 Å². The van der Waals surface area contributed by atoms with Crippen LogP contribution in [0.25, 0.3) is 0 Å². The number of hydrogen-bond acceptors (Lipinski definition) is 1. The van der Waals surface area contributed by atoms with Crippen LogP contribution in [-0.4, -0.2) is 6.61 Å². The predicted octanol–water partition coefficient (Wildman–Crippen LogP) is 6.07. The lowest BCUT2D eigenvalue weighted by Gasteiger charge is -2.12. The van der Waals surface area contributed by atoms with E-state index in [4.69, 9.17) is 4.74 Å². The fourth-order valence-corrected chi connectivity index (χ4v) is 2.90. The van der Waals surface area contributed by atoms with Gasteiger partial charge in [0.1, 0.15) is 5.75 Å². The van der Waals surface area contributed by atoms with Crippen molar-refractivity contribution in [1.29, 1.82) is 0 Å². The van der Waals surface area contributed by atoms with Crippen LogP contribution in [0.3, 0.4) is 0 Å². The SMILES string of the molecule is CCC(CC)Cc1ccc(OCCCCc2ccccc2)cc1. The molecule has 0 atom stereocenters. The quantitative estimate of drug-likeness (QED) is 0.484. The third-order valence-corrected chi connectivity index (χ3v) is 4.57. The molecule has 0 bridgehead atoms. The Morgan fingerprint density at radius 3 is 2.13 bits per heavy atom. The molecule has 124 valence electrons. The molecule has 0 fully saturated rings. The molecular formula is C22H30O. The lowest BCUT2D eigenvalue weighted by molar-refractivity contribution is 0.307. The van der Waals surface area contributed by atoms with Gasteiger partial charge >= 0.3 is 0 Å². The van der Waals surface area contributed by atoms with Crippen LogP contribution in [0.5, 0.6) is 5.75 Å². The maximum absolute atomic E-state index is 5.86. The van der Waals surface area contributed by atoms with Gasteiger partial charge in [0.2, 0.25) is 0 Å². The van der Waals surface area contributed by atoms with Crippen LogP contribution in [-0.2, 0) is 12.8 Å². The van der Waals surface area contributed by atoms with Crippen molar-refractivity contribution in [3.05, 3.63) is 65.7 Å². The first-order valence-corrected chi connectivity index (χ1v) is 9.07. The fraction of sp³-hybridized carbons (Fsp3) is 0.455. The molecule has 0 aromatic heterocycles. The number of benzene rings is 2. The van der Waals surface area contributed by atoms with Crippen LogP contribution in [0.4, 0.5) is 0 Å². The Hall–Kier alpha value is -1.76. The van der Waals surface area contributed by atoms with Gasteiger partial charge in [-0.05, 0) is 54.9 Å². The van der Waals surface area contributed by atoms with Crippen LogP contribution in [0.2, 0.25) is 0 Å². The van der Waals surface area contributed by atoms with E-state index in [0.29, 0.717) is 0 Å². The summed E-state index contributed by atoms with van der Waals surface area (Å²) in [5.74, 6) is 1.80. The van der Waals surface area contributed by atoms with Crippen molar-refractivity contribution in [2.75, 3.05) is 6.61 Å². The molecule has 0 amide bonds. The van der Waals surface area contributed by atoms with Crippen molar-refractivity contribution in [3.8, 4) is 5.75 Å². The monoisotopic (exact) mass is 310 g/mol. The van der Waals surface area contributed by atoms with Crippen LogP contribution in [0.1, 0.15) is 50.7 Å². The summed E-state index contributed by atoms with van der Waals surface area (Å²) in [5, 5.41) is 0. The van der Waals surface area contributed by atoms with Crippen molar-refractivity contribution in [2.45, 2.75) is 52.4 Å². The molecule has 1 heteroatoms. The summed E-state index contributed by atoms with van der Waals surface area (Å²) in [7, 11) is 0. The van der Waals surface area contributed by atoms with Crippen molar-refractivity contribution in [2.24, 2.45) is 5.92 Å². The molecule has 0 aliphatic rings. The first-order valence-electron chi connectivity index (χ1n) is 9.07. The Morgan fingerprint density at radius 1 is 0.783 bits per heavy atom. The molecule has 23 heavy (non-hydrogen) atoms. The van der Waals surface area contributed by atoms with Gasteiger partial charge in [-0.1, -0.05) is 69.2 Å². The zero-order valence-corrected chi connectivity index (χ0v) is 14.6. The van der Waals surface area contributed by atoms with Crippen LogP contribution in [0, 0.1) is 5.92 Å². The van der Waals surface area contributed by atoms with Crippen molar-refractivity contribution >= 4 is 0 Å². The molecule has 0 N–H and O–H groups in total. The van der Waals surface area contributed by atoms with Gasteiger partial charge in [-0.25, -0.2) is 0 Å². The zero-order valence-electron chi connectivity index (χ0n) is 14.6. The molecule has 2 aromatic rings. The van der Waals surface area contributed by atoms with Gasteiger partial charge in [0.05, 0.1) is 6.61 Å². The largest absolute Gasteiger partial charge is 0.494 e. The van der Waals surface area contributed by atoms with Crippen LogP contribution < -0.4 is 4.74 Å². The summed E-state index contributed by atoms with van der Waals surface area (Å²) in [4.78, 5) is 0. The molecule has 0 radical (unpaired) electrons. The minimum absolute atomic E-state index is 0.804. The smallest absolute Gasteiger partial charge is 0.119 e. The number of rotatable bonds is 10. The molecule has 0 saturated carbocycles. The summed E-state index contributed by atoms with van der Waals surface area (Å²) in [6, 6.07) is 19.3. The van der Waals surface area contributed by atoms with Crippen LogP contribution >= 0.6 is 0 Å². The second-order valence-corrected chi connectivity index (χ2v) is 6.32. The molecule has 0 heterocycles. The van der Waals surface area contributed by atoms with Gasteiger partial charge in [-0.15, -0.1) is 0 Å².